The summed E-state index contributed by atoms with van der Waals surface area (Å²) in [4.78, 5) is 5.49. The Hall–Kier alpha value is -0.850. The smallest absolute Gasteiger partial charge is 0.208 e. The maximum Gasteiger partial charge on any atom is 0.208 e. The number of rotatable bonds is 5. The van der Waals surface area contributed by atoms with E-state index in [4.69, 9.17) is 4.74 Å². The van der Waals surface area contributed by atoms with Gasteiger partial charge in [0.1, 0.15) is 0 Å². The van der Waals surface area contributed by atoms with Crippen LogP contribution in [0.3, 0.4) is 0 Å². The Labute approximate surface area is 96.1 Å². The Morgan fingerprint density at radius 3 is 3.27 bits per heavy atom. The van der Waals surface area contributed by atoms with Gasteiger partial charge in [-0.2, -0.15) is 0 Å². The van der Waals surface area contributed by atoms with Gasteiger partial charge in [-0.3, -0.25) is 5.10 Å². The number of aromatic nitrogens is 3. The van der Waals surface area contributed by atoms with Crippen molar-refractivity contribution in [3.63, 3.8) is 0 Å². The quantitative estimate of drug-likeness (QED) is 0.644. The van der Waals surface area contributed by atoms with Crippen LogP contribution in [-0.4, -0.2) is 34.7 Å². The fourth-order valence-corrected chi connectivity index (χ4v) is 2.41. The zero-order chi connectivity index (χ0) is 10.5. The van der Waals surface area contributed by atoms with E-state index in [1.807, 2.05) is 17.5 Å². The summed E-state index contributed by atoms with van der Waals surface area (Å²) in [5.41, 5.74) is 0. The second-order valence-electron chi connectivity index (χ2n) is 2.79. The molecule has 0 saturated heterocycles. The number of thioether (sulfide) groups is 1. The van der Waals surface area contributed by atoms with Gasteiger partial charge in [-0.05, 0) is 11.4 Å². The molecule has 0 unspecified atom stereocenters. The van der Waals surface area contributed by atoms with Crippen LogP contribution in [0.25, 0.3) is 10.7 Å². The predicted molar refractivity (Wildman–Crippen MR) is 62.3 cm³/mol. The first-order chi connectivity index (χ1) is 7.40. The Kier molecular flexibility index (Phi) is 3.76. The summed E-state index contributed by atoms with van der Waals surface area (Å²) in [7, 11) is 1.69. The first-order valence-corrected chi connectivity index (χ1v) is 6.34. The highest BCUT2D eigenvalue weighted by Gasteiger charge is 2.06. The molecule has 2 aromatic rings. The molecule has 6 heteroatoms. The van der Waals surface area contributed by atoms with Crippen LogP contribution in [0, 0.1) is 0 Å². The van der Waals surface area contributed by atoms with Crippen LogP contribution in [-0.2, 0) is 4.74 Å². The summed E-state index contributed by atoms with van der Waals surface area (Å²) >= 11 is 3.24. The second-order valence-corrected chi connectivity index (χ2v) is 4.79. The normalized spacial score (nSPS) is 10.7. The third-order valence-corrected chi connectivity index (χ3v) is 3.43. The van der Waals surface area contributed by atoms with Crippen molar-refractivity contribution in [2.24, 2.45) is 0 Å². The maximum absolute atomic E-state index is 4.96. The van der Waals surface area contributed by atoms with Crippen molar-refractivity contribution in [1.82, 2.24) is 15.2 Å². The monoisotopic (exact) mass is 241 g/mol. The number of hydrogen-bond donors (Lipinski definition) is 1. The van der Waals surface area contributed by atoms with E-state index < -0.39 is 0 Å². The van der Waals surface area contributed by atoms with Crippen LogP contribution in [0.1, 0.15) is 0 Å². The molecule has 0 aliphatic heterocycles. The molecule has 0 aliphatic rings. The number of thiophene rings is 1. The highest BCUT2D eigenvalue weighted by Crippen LogP contribution is 2.22. The third kappa shape index (κ3) is 2.80. The largest absolute Gasteiger partial charge is 0.384 e. The highest BCUT2D eigenvalue weighted by atomic mass is 32.2. The predicted octanol–water partition coefficient (Wildman–Crippen LogP) is 2.27. The molecule has 0 aliphatic carbocycles. The van der Waals surface area contributed by atoms with Gasteiger partial charge >= 0.3 is 0 Å². The molecular weight excluding hydrogens is 230 g/mol. The van der Waals surface area contributed by atoms with Crippen LogP contribution in [0.15, 0.2) is 22.7 Å². The molecular formula is C9H11N3OS2. The zero-order valence-electron chi connectivity index (χ0n) is 8.27. The van der Waals surface area contributed by atoms with Gasteiger partial charge in [-0.1, -0.05) is 17.8 Å². The minimum Gasteiger partial charge on any atom is -0.384 e. The van der Waals surface area contributed by atoms with Gasteiger partial charge in [0.25, 0.3) is 0 Å². The number of ether oxygens (including phenoxy) is 1. The highest BCUT2D eigenvalue weighted by molar-refractivity contribution is 7.99. The molecule has 15 heavy (non-hydrogen) atoms. The van der Waals surface area contributed by atoms with Crippen LogP contribution in [0.2, 0.25) is 0 Å². The Balaban J connectivity index is 1.98. The van der Waals surface area contributed by atoms with E-state index in [9.17, 15) is 0 Å². The summed E-state index contributed by atoms with van der Waals surface area (Å²) in [6.45, 7) is 0.716. The van der Waals surface area contributed by atoms with Crippen LogP contribution in [0.5, 0.6) is 0 Å². The van der Waals surface area contributed by atoms with Crippen molar-refractivity contribution in [2.75, 3.05) is 19.5 Å². The van der Waals surface area contributed by atoms with E-state index in [2.05, 4.69) is 15.2 Å². The minimum absolute atomic E-state index is 0.716. The van der Waals surface area contributed by atoms with Crippen molar-refractivity contribution in [3.05, 3.63) is 17.5 Å². The van der Waals surface area contributed by atoms with Gasteiger partial charge in [-0.15, -0.1) is 16.4 Å². The van der Waals surface area contributed by atoms with Crippen molar-refractivity contribution in [1.29, 1.82) is 0 Å². The van der Waals surface area contributed by atoms with Crippen molar-refractivity contribution in [3.8, 4) is 10.7 Å². The SMILES string of the molecule is COCCSc1n[nH]c(-c2cccs2)n1. The van der Waals surface area contributed by atoms with Crippen LogP contribution >= 0.6 is 23.1 Å². The number of methoxy groups -OCH3 is 1. The summed E-state index contributed by atoms with van der Waals surface area (Å²) in [6.07, 6.45) is 0. The number of nitrogens with one attached hydrogen (secondary N) is 1. The number of nitrogens with zero attached hydrogens (tertiary/aromatic N) is 2. The lowest BCUT2D eigenvalue weighted by Gasteiger charge is -1.93. The molecule has 0 radical (unpaired) electrons. The summed E-state index contributed by atoms with van der Waals surface area (Å²) in [5, 5.41) is 9.84. The average molecular weight is 241 g/mol. The number of hydrogen-bond acceptors (Lipinski definition) is 5. The van der Waals surface area contributed by atoms with Crippen LogP contribution in [0.4, 0.5) is 0 Å². The Morgan fingerprint density at radius 2 is 2.53 bits per heavy atom. The molecule has 0 amide bonds. The van der Waals surface area contributed by atoms with Crippen molar-refractivity contribution < 1.29 is 4.74 Å². The van der Waals surface area contributed by atoms with Gasteiger partial charge in [-0.25, -0.2) is 4.98 Å². The molecule has 2 aromatic heterocycles. The lowest BCUT2D eigenvalue weighted by atomic mass is 10.4. The van der Waals surface area contributed by atoms with E-state index in [-0.39, 0.29) is 0 Å². The molecule has 0 saturated carbocycles. The molecule has 1 N–H and O–H groups in total. The Bertz CT molecular complexity index is 399. The first kappa shape index (κ1) is 10.7. The van der Waals surface area contributed by atoms with E-state index in [0.717, 1.165) is 21.6 Å². The lowest BCUT2D eigenvalue weighted by molar-refractivity contribution is 0.218. The number of H-pyrrole nitrogens is 1. The lowest BCUT2D eigenvalue weighted by Crippen LogP contribution is -1.91. The summed E-state index contributed by atoms with van der Waals surface area (Å²) < 4.78 is 4.96. The first-order valence-electron chi connectivity index (χ1n) is 4.48. The van der Waals surface area contributed by atoms with Gasteiger partial charge in [0, 0.05) is 12.9 Å². The van der Waals surface area contributed by atoms with E-state index in [0.29, 0.717) is 6.61 Å². The molecule has 2 rings (SSSR count). The molecule has 0 bridgehead atoms. The van der Waals surface area contributed by atoms with Gasteiger partial charge in [0.2, 0.25) is 5.16 Å². The molecule has 0 fully saturated rings. The average Bonchev–Trinajstić information content (AvgIpc) is 2.87. The molecule has 80 valence electrons. The third-order valence-electron chi connectivity index (χ3n) is 1.74. The van der Waals surface area contributed by atoms with Gasteiger partial charge < -0.3 is 4.74 Å². The molecule has 2 heterocycles. The standard InChI is InChI=1S/C9H11N3OS2/c1-13-4-6-15-9-10-8(11-12-9)7-3-2-5-14-7/h2-3,5H,4,6H2,1H3,(H,10,11,12). The topological polar surface area (TPSA) is 50.8 Å². The summed E-state index contributed by atoms with van der Waals surface area (Å²) in [6, 6.07) is 4.02. The summed E-state index contributed by atoms with van der Waals surface area (Å²) in [5.74, 6) is 1.71. The Morgan fingerprint density at radius 1 is 1.60 bits per heavy atom. The maximum atomic E-state index is 4.96. The molecule has 4 nitrogen and oxygen atoms in total. The van der Waals surface area contributed by atoms with E-state index in [1.54, 1.807) is 30.2 Å². The number of aromatic amines is 1. The molecule has 0 spiro atoms. The fourth-order valence-electron chi connectivity index (χ4n) is 1.05. The fraction of sp³-hybridized carbons (Fsp3) is 0.333. The van der Waals surface area contributed by atoms with E-state index in [1.165, 1.54) is 0 Å². The minimum atomic E-state index is 0.716. The van der Waals surface area contributed by atoms with Crippen molar-refractivity contribution >= 4 is 23.1 Å². The van der Waals surface area contributed by atoms with Gasteiger partial charge in [0.15, 0.2) is 5.82 Å². The molecule has 0 aromatic carbocycles. The second kappa shape index (κ2) is 5.29. The zero-order valence-corrected chi connectivity index (χ0v) is 9.90. The van der Waals surface area contributed by atoms with Crippen molar-refractivity contribution in [2.45, 2.75) is 5.16 Å². The van der Waals surface area contributed by atoms with Gasteiger partial charge in [0.05, 0.1) is 11.5 Å². The van der Waals surface area contributed by atoms with E-state index >= 15 is 0 Å². The van der Waals surface area contributed by atoms with Crippen LogP contribution < -0.4 is 0 Å². The molecule has 0 atom stereocenters.